The molecule has 8 nitrogen and oxygen atoms in total. The molecule has 2 aliphatic heterocycles. The van der Waals surface area contributed by atoms with E-state index in [4.69, 9.17) is 0 Å². The third kappa shape index (κ3) is 4.83. The standard InChI is InChI=1S/C27H25N5O3/c33-23-15-17-31(18-16-23)26(34)20-11-13-22(14-12-20)32-27(35)25(29-28-21-9-5-2-6-10-21)24(30-32)19-7-3-1-4-8-19/h1-14,25,28-29H,15-18H2. The molecule has 0 aliphatic carbocycles. The summed E-state index contributed by atoms with van der Waals surface area (Å²) in [5.41, 5.74) is 9.55. The molecule has 2 N–H and O–H groups in total. The molecule has 2 aliphatic rings. The van der Waals surface area contributed by atoms with Crippen LogP contribution < -0.4 is 15.9 Å². The summed E-state index contributed by atoms with van der Waals surface area (Å²) in [6.07, 6.45) is 0.795. The van der Waals surface area contributed by atoms with E-state index in [0.717, 1.165) is 11.3 Å². The van der Waals surface area contributed by atoms with Crippen molar-refractivity contribution in [3.8, 4) is 0 Å². The van der Waals surface area contributed by atoms with Gasteiger partial charge in [0.2, 0.25) is 0 Å². The van der Waals surface area contributed by atoms with E-state index in [-0.39, 0.29) is 17.6 Å². The fourth-order valence-electron chi connectivity index (χ4n) is 4.17. The van der Waals surface area contributed by atoms with Crippen LogP contribution in [0.4, 0.5) is 11.4 Å². The van der Waals surface area contributed by atoms with Gasteiger partial charge < -0.3 is 10.3 Å². The van der Waals surface area contributed by atoms with E-state index in [9.17, 15) is 14.4 Å². The summed E-state index contributed by atoms with van der Waals surface area (Å²) in [4.78, 5) is 39.4. The van der Waals surface area contributed by atoms with Gasteiger partial charge in [0, 0.05) is 42.7 Å². The monoisotopic (exact) mass is 467 g/mol. The Hall–Kier alpha value is -4.30. The summed E-state index contributed by atoms with van der Waals surface area (Å²) in [6, 6.07) is 25.2. The number of hydrazone groups is 1. The highest BCUT2D eigenvalue weighted by atomic mass is 16.2. The molecule has 0 saturated carbocycles. The largest absolute Gasteiger partial charge is 0.338 e. The van der Waals surface area contributed by atoms with Gasteiger partial charge in [-0.25, -0.2) is 5.43 Å². The number of hydrazine groups is 1. The minimum Gasteiger partial charge on any atom is -0.338 e. The van der Waals surface area contributed by atoms with Gasteiger partial charge in [0.15, 0.2) is 6.04 Å². The first-order chi connectivity index (χ1) is 17.1. The maximum Gasteiger partial charge on any atom is 0.272 e. The molecule has 0 radical (unpaired) electrons. The van der Waals surface area contributed by atoms with Gasteiger partial charge in [-0.05, 0) is 36.4 Å². The number of amides is 2. The third-order valence-corrected chi connectivity index (χ3v) is 6.11. The fraction of sp³-hybridized carbons (Fsp3) is 0.185. The normalized spacial score (nSPS) is 17.9. The number of likely N-dealkylation sites (tertiary alicyclic amines) is 1. The Bertz CT molecular complexity index is 1250. The molecule has 3 aromatic carbocycles. The lowest BCUT2D eigenvalue weighted by molar-refractivity contribution is -0.121. The predicted octanol–water partition coefficient (Wildman–Crippen LogP) is 3.23. The van der Waals surface area contributed by atoms with E-state index >= 15 is 0 Å². The van der Waals surface area contributed by atoms with Crippen molar-refractivity contribution in [2.24, 2.45) is 5.10 Å². The molecule has 2 heterocycles. The van der Waals surface area contributed by atoms with Gasteiger partial charge in [-0.1, -0.05) is 48.5 Å². The maximum atomic E-state index is 13.4. The maximum absolute atomic E-state index is 13.4. The number of para-hydroxylation sites is 1. The van der Waals surface area contributed by atoms with E-state index < -0.39 is 6.04 Å². The summed E-state index contributed by atoms with van der Waals surface area (Å²) < 4.78 is 0. The van der Waals surface area contributed by atoms with E-state index in [1.165, 1.54) is 5.01 Å². The number of carbonyl (C=O) groups excluding carboxylic acids is 3. The van der Waals surface area contributed by atoms with Crippen LogP contribution in [0.1, 0.15) is 28.8 Å². The number of anilines is 2. The SMILES string of the molecule is O=C1CCN(C(=O)c2ccc(N3N=C(c4ccccc4)C(NNc4ccccc4)C3=O)cc2)CC1. The summed E-state index contributed by atoms with van der Waals surface area (Å²) in [5, 5.41) is 6.00. The quantitative estimate of drug-likeness (QED) is 0.543. The number of Topliss-reactive ketones (excluding diaryl/α,β-unsaturated/α-hetero) is 1. The molecule has 0 spiro atoms. The molecule has 176 valence electrons. The minimum atomic E-state index is -0.704. The molecule has 1 atom stereocenters. The molecule has 2 amide bonds. The Kier molecular flexibility index (Phi) is 6.36. The van der Waals surface area contributed by atoms with E-state index in [1.54, 1.807) is 29.2 Å². The Balaban J connectivity index is 1.36. The highest BCUT2D eigenvalue weighted by molar-refractivity contribution is 6.24. The minimum absolute atomic E-state index is 0.114. The highest BCUT2D eigenvalue weighted by Gasteiger charge is 2.37. The number of hydrogen-bond donors (Lipinski definition) is 2. The summed E-state index contributed by atoms with van der Waals surface area (Å²) in [6.45, 7) is 0.882. The number of nitrogens with zero attached hydrogens (tertiary/aromatic N) is 3. The van der Waals surface area contributed by atoms with Gasteiger partial charge in [0.05, 0.1) is 11.4 Å². The highest BCUT2D eigenvalue weighted by Crippen LogP contribution is 2.25. The van der Waals surface area contributed by atoms with Crippen LogP contribution in [0.3, 0.4) is 0 Å². The Morgan fingerprint density at radius 3 is 2.11 bits per heavy atom. The van der Waals surface area contributed by atoms with Gasteiger partial charge in [0.25, 0.3) is 11.8 Å². The molecule has 5 rings (SSSR count). The van der Waals surface area contributed by atoms with Crippen LogP contribution in [0.2, 0.25) is 0 Å². The topological polar surface area (TPSA) is 94.1 Å². The van der Waals surface area contributed by atoms with Crippen molar-refractivity contribution in [1.82, 2.24) is 10.3 Å². The van der Waals surface area contributed by atoms with Crippen LogP contribution in [0.5, 0.6) is 0 Å². The molecule has 1 unspecified atom stereocenters. The van der Waals surface area contributed by atoms with Crippen LogP contribution in [0, 0.1) is 0 Å². The average Bonchev–Trinajstić information content (AvgIpc) is 3.24. The summed E-state index contributed by atoms with van der Waals surface area (Å²) in [5.74, 6) is -0.160. The predicted molar refractivity (Wildman–Crippen MR) is 134 cm³/mol. The first-order valence-electron chi connectivity index (χ1n) is 11.6. The second-order valence-corrected chi connectivity index (χ2v) is 8.45. The zero-order valence-electron chi connectivity index (χ0n) is 19.1. The lowest BCUT2D eigenvalue weighted by Gasteiger charge is -2.26. The third-order valence-electron chi connectivity index (χ3n) is 6.11. The van der Waals surface area contributed by atoms with Crippen molar-refractivity contribution < 1.29 is 14.4 Å². The van der Waals surface area contributed by atoms with Gasteiger partial charge in [-0.15, -0.1) is 0 Å². The van der Waals surface area contributed by atoms with Crippen LogP contribution in [-0.2, 0) is 9.59 Å². The zero-order chi connectivity index (χ0) is 24.2. The van der Waals surface area contributed by atoms with Crippen molar-refractivity contribution in [2.75, 3.05) is 23.5 Å². The molecule has 0 aromatic heterocycles. The zero-order valence-corrected chi connectivity index (χ0v) is 19.1. The van der Waals surface area contributed by atoms with Crippen LogP contribution in [0.25, 0.3) is 0 Å². The van der Waals surface area contributed by atoms with Crippen LogP contribution >= 0.6 is 0 Å². The fourth-order valence-corrected chi connectivity index (χ4v) is 4.17. The number of benzene rings is 3. The van der Waals surface area contributed by atoms with Gasteiger partial charge >= 0.3 is 0 Å². The number of piperidine rings is 1. The molecule has 3 aromatic rings. The number of rotatable bonds is 6. The van der Waals surface area contributed by atoms with Gasteiger partial charge in [-0.2, -0.15) is 10.1 Å². The lowest BCUT2D eigenvalue weighted by Crippen LogP contribution is -2.46. The molecule has 0 bridgehead atoms. The molecule has 1 saturated heterocycles. The van der Waals surface area contributed by atoms with E-state index in [2.05, 4.69) is 16.0 Å². The number of nitrogens with one attached hydrogen (secondary N) is 2. The summed E-state index contributed by atoms with van der Waals surface area (Å²) >= 11 is 0. The molecular weight excluding hydrogens is 442 g/mol. The van der Waals surface area contributed by atoms with Crippen LogP contribution in [-0.4, -0.2) is 47.3 Å². The molecule has 35 heavy (non-hydrogen) atoms. The van der Waals surface area contributed by atoms with Gasteiger partial charge in [-0.3, -0.25) is 14.4 Å². The van der Waals surface area contributed by atoms with Crippen molar-refractivity contribution >= 4 is 34.7 Å². The number of hydrogen-bond acceptors (Lipinski definition) is 6. The Morgan fingerprint density at radius 1 is 0.829 bits per heavy atom. The second-order valence-electron chi connectivity index (χ2n) is 8.45. The van der Waals surface area contributed by atoms with Crippen molar-refractivity contribution in [3.05, 3.63) is 96.1 Å². The first kappa shape index (κ1) is 22.5. The molecule has 1 fully saturated rings. The van der Waals surface area contributed by atoms with Crippen molar-refractivity contribution in [3.63, 3.8) is 0 Å². The van der Waals surface area contributed by atoms with Gasteiger partial charge in [0.1, 0.15) is 5.78 Å². The van der Waals surface area contributed by atoms with Crippen molar-refractivity contribution in [2.45, 2.75) is 18.9 Å². The van der Waals surface area contributed by atoms with Crippen molar-refractivity contribution in [1.29, 1.82) is 0 Å². The number of carbonyl (C=O) groups is 3. The number of ketones is 1. The average molecular weight is 468 g/mol. The smallest absolute Gasteiger partial charge is 0.272 e. The molecular formula is C27H25N5O3. The second kappa shape index (κ2) is 9.90. The Morgan fingerprint density at radius 2 is 1.46 bits per heavy atom. The van der Waals surface area contributed by atoms with E-state index in [0.29, 0.717) is 42.9 Å². The Labute approximate surface area is 203 Å². The lowest BCUT2D eigenvalue weighted by atomic mass is 10.0. The first-order valence-corrected chi connectivity index (χ1v) is 11.6. The van der Waals surface area contributed by atoms with E-state index in [1.807, 2.05) is 60.7 Å². The molecule has 8 heteroatoms. The van der Waals surface area contributed by atoms with Crippen LogP contribution in [0.15, 0.2) is 90.0 Å². The summed E-state index contributed by atoms with van der Waals surface area (Å²) in [7, 11) is 0.